The Morgan fingerprint density at radius 3 is 3.05 bits per heavy atom. The van der Waals surface area contributed by atoms with E-state index in [-0.39, 0.29) is 5.69 Å². The summed E-state index contributed by atoms with van der Waals surface area (Å²) in [7, 11) is 0. The second-order valence-electron chi connectivity index (χ2n) is 4.94. The Labute approximate surface area is 126 Å². The highest BCUT2D eigenvalue weighted by atomic mass is 32.2. The molecule has 0 amide bonds. The van der Waals surface area contributed by atoms with E-state index >= 15 is 0 Å². The largest absolute Gasteiger partial charge is 0.467 e. The van der Waals surface area contributed by atoms with E-state index in [4.69, 9.17) is 9.68 Å². The molecule has 2 heterocycles. The zero-order valence-electron chi connectivity index (χ0n) is 11.5. The van der Waals surface area contributed by atoms with Crippen molar-refractivity contribution in [3.63, 3.8) is 0 Å². The molecule has 0 atom stereocenters. The molecule has 0 saturated heterocycles. The smallest absolute Gasteiger partial charge is 0.349 e. The molecule has 5 nitrogen and oxygen atoms in total. The molecule has 2 aromatic rings. The first-order chi connectivity index (χ1) is 10.3. The van der Waals surface area contributed by atoms with Gasteiger partial charge in [0, 0.05) is 11.3 Å². The Morgan fingerprint density at radius 1 is 1.43 bits per heavy atom. The van der Waals surface area contributed by atoms with Gasteiger partial charge >= 0.3 is 5.69 Å². The van der Waals surface area contributed by atoms with E-state index < -0.39 is 0 Å². The van der Waals surface area contributed by atoms with Gasteiger partial charge in [-0.25, -0.2) is 4.79 Å². The Morgan fingerprint density at radius 2 is 2.29 bits per heavy atom. The zero-order chi connectivity index (χ0) is 14.7. The topological polar surface area (TPSA) is 71.8 Å². The van der Waals surface area contributed by atoms with Gasteiger partial charge in [0.25, 0.3) is 0 Å². The zero-order valence-corrected chi connectivity index (χ0v) is 12.4. The first-order valence-corrected chi connectivity index (χ1v) is 7.93. The van der Waals surface area contributed by atoms with Crippen LogP contribution in [0.4, 0.5) is 0 Å². The van der Waals surface area contributed by atoms with Gasteiger partial charge in [0.05, 0.1) is 24.6 Å². The summed E-state index contributed by atoms with van der Waals surface area (Å²) in [6.07, 6.45) is 5.60. The molecule has 0 unspecified atom stereocenters. The van der Waals surface area contributed by atoms with Crippen LogP contribution in [0.3, 0.4) is 0 Å². The van der Waals surface area contributed by atoms with Gasteiger partial charge < -0.3 is 4.42 Å². The predicted molar refractivity (Wildman–Crippen MR) is 79.3 cm³/mol. The van der Waals surface area contributed by atoms with E-state index in [1.54, 1.807) is 10.8 Å². The van der Waals surface area contributed by atoms with E-state index in [9.17, 15) is 4.79 Å². The van der Waals surface area contributed by atoms with Gasteiger partial charge in [-0.15, -0.1) is 0 Å². The molecule has 0 fully saturated rings. The molecule has 0 aromatic carbocycles. The maximum absolute atomic E-state index is 12.3. The quantitative estimate of drug-likeness (QED) is 0.640. The van der Waals surface area contributed by atoms with Crippen LogP contribution in [0.2, 0.25) is 0 Å². The molecule has 1 aliphatic rings. The van der Waals surface area contributed by atoms with Crippen LogP contribution in [0, 0.1) is 11.3 Å². The molecule has 0 aliphatic heterocycles. The van der Waals surface area contributed by atoms with Gasteiger partial charge in [0.1, 0.15) is 10.8 Å². The van der Waals surface area contributed by atoms with E-state index in [1.165, 1.54) is 11.8 Å². The summed E-state index contributed by atoms with van der Waals surface area (Å²) in [6.45, 7) is 0.421. The third kappa shape index (κ3) is 2.88. The van der Waals surface area contributed by atoms with Crippen LogP contribution in [-0.4, -0.2) is 15.3 Å². The number of rotatable bonds is 4. The summed E-state index contributed by atoms with van der Waals surface area (Å²) in [5, 5.41) is 9.46. The summed E-state index contributed by atoms with van der Waals surface area (Å²) in [6, 6.07) is 5.77. The lowest BCUT2D eigenvalue weighted by Gasteiger charge is -2.22. The molecule has 108 valence electrons. The summed E-state index contributed by atoms with van der Waals surface area (Å²) >= 11 is 1.36. The van der Waals surface area contributed by atoms with Gasteiger partial charge in [-0.2, -0.15) is 10.2 Å². The van der Waals surface area contributed by atoms with Crippen molar-refractivity contribution in [2.75, 3.05) is 5.75 Å². The fourth-order valence-corrected chi connectivity index (χ4v) is 3.43. The first-order valence-electron chi connectivity index (χ1n) is 6.94. The van der Waals surface area contributed by atoms with Gasteiger partial charge in [-0.05, 0) is 37.8 Å². The molecule has 2 aromatic heterocycles. The normalized spacial score (nSPS) is 13.7. The van der Waals surface area contributed by atoms with Crippen LogP contribution < -0.4 is 5.69 Å². The second-order valence-corrected chi connectivity index (χ2v) is 5.91. The van der Waals surface area contributed by atoms with Crippen molar-refractivity contribution in [1.29, 1.82) is 5.26 Å². The van der Waals surface area contributed by atoms with Crippen molar-refractivity contribution < 1.29 is 4.42 Å². The third-order valence-corrected chi connectivity index (χ3v) is 4.50. The van der Waals surface area contributed by atoms with Crippen LogP contribution >= 0.6 is 11.8 Å². The van der Waals surface area contributed by atoms with E-state index in [1.807, 2.05) is 12.1 Å². The van der Waals surface area contributed by atoms with Crippen LogP contribution in [0.15, 0.2) is 32.6 Å². The lowest BCUT2D eigenvalue weighted by atomic mass is 9.97. The van der Waals surface area contributed by atoms with Crippen LogP contribution in [0.25, 0.3) is 0 Å². The number of hydrogen-bond acceptors (Lipinski definition) is 5. The highest BCUT2D eigenvalue weighted by Crippen LogP contribution is 2.28. The molecule has 0 bridgehead atoms. The van der Waals surface area contributed by atoms with Gasteiger partial charge in [0.15, 0.2) is 0 Å². The third-order valence-electron chi connectivity index (χ3n) is 3.62. The first kappa shape index (κ1) is 14.0. The van der Waals surface area contributed by atoms with Crippen molar-refractivity contribution in [2.24, 2.45) is 0 Å². The minimum atomic E-state index is -0.257. The number of furan rings is 1. The SMILES string of the molecule is N#CCSc1nc(=O)n(Cc2ccco2)c2c1CCCC2. The molecule has 3 rings (SSSR count). The van der Waals surface area contributed by atoms with Crippen LogP contribution in [-0.2, 0) is 19.4 Å². The fourth-order valence-electron chi connectivity index (χ4n) is 2.69. The molecular formula is C15H15N3O2S. The Hall–Kier alpha value is -2.00. The Kier molecular flexibility index (Phi) is 4.11. The minimum absolute atomic E-state index is 0.257. The predicted octanol–water partition coefficient (Wildman–Crippen LogP) is 2.38. The van der Waals surface area contributed by atoms with Gasteiger partial charge in [0.2, 0.25) is 0 Å². The fraction of sp³-hybridized carbons (Fsp3) is 0.400. The lowest BCUT2D eigenvalue weighted by Crippen LogP contribution is -2.30. The van der Waals surface area contributed by atoms with E-state index in [0.717, 1.165) is 47.7 Å². The van der Waals surface area contributed by atoms with Gasteiger partial charge in [-0.1, -0.05) is 11.8 Å². The molecule has 0 spiro atoms. The minimum Gasteiger partial charge on any atom is -0.467 e. The van der Waals surface area contributed by atoms with E-state index in [0.29, 0.717) is 12.3 Å². The summed E-state index contributed by atoms with van der Waals surface area (Å²) in [4.78, 5) is 16.5. The summed E-state index contributed by atoms with van der Waals surface area (Å²) in [5.74, 6) is 1.07. The number of hydrogen-bond donors (Lipinski definition) is 0. The molecular weight excluding hydrogens is 286 g/mol. The summed E-state index contributed by atoms with van der Waals surface area (Å²) in [5.41, 5.74) is 1.93. The van der Waals surface area contributed by atoms with Crippen molar-refractivity contribution in [1.82, 2.24) is 9.55 Å². The number of fused-ring (bicyclic) bond motifs is 1. The molecule has 0 N–H and O–H groups in total. The molecule has 0 saturated carbocycles. The number of nitrogens with zero attached hydrogens (tertiary/aromatic N) is 3. The highest BCUT2D eigenvalue weighted by Gasteiger charge is 2.20. The molecule has 6 heteroatoms. The van der Waals surface area contributed by atoms with Crippen molar-refractivity contribution in [3.8, 4) is 6.07 Å². The number of aromatic nitrogens is 2. The van der Waals surface area contributed by atoms with Gasteiger partial charge in [-0.3, -0.25) is 4.57 Å². The summed E-state index contributed by atoms with van der Waals surface area (Å²) < 4.78 is 7.05. The molecule has 0 radical (unpaired) electrons. The average Bonchev–Trinajstić information content (AvgIpc) is 3.01. The van der Waals surface area contributed by atoms with E-state index in [2.05, 4.69) is 11.1 Å². The molecule has 21 heavy (non-hydrogen) atoms. The monoisotopic (exact) mass is 301 g/mol. The van der Waals surface area contributed by atoms with Crippen molar-refractivity contribution in [2.45, 2.75) is 37.3 Å². The lowest BCUT2D eigenvalue weighted by molar-refractivity contribution is 0.471. The standard InChI is InChI=1S/C15H15N3O2S/c16-7-9-21-14-12-5-1-2-6-13(12)18(15(19)17-14)10-11-4-3-8-20-11/h3-4,8H,1-2,5-6,9-10H2. The molecule has 1 aliphatic carbocycles. The second kappa shape index (κ2) is 6.19. The number of thioether (sulfide) groups is 1. The Balaban J connectivity index is 2.04. The highest BCUT2D eigenvalue weighted by molar-refractivity contribution is 7.99. The Bertz CT molecular complexity index is 729. The maximum atomic E-state index is 12.3. The van der Waals surface area contributed by atoms with Crippen LogP contribution in [0.1, 0.15) is 29.9 Å². The number of nitriles is 1. The van der Waals surface area contributed by atoms with Crippen molar-refractivity contribution in [3.05, 3.63) is 45.9 Å². The average molecular weight is 301 g/mol. The van der Waals surface area contributed by atoms with Crippen molar-refractivity contribution >= 4 is 11.8 Å². The maximum Gasteiger partial charge on any atom is 0.349 e. The van der Waals surface area contributed by atoms with Crippen LogP contribution in [0.5, 0.6) is 0 Å².